The molecule has 51 heavy (non-hydrogen) atoms. The zero-order chi connectivity index (χ0) is 38.1. The van der Waals surface area contributed by atoms with Crippen LogP contribution in [0.25, 0.3) is 5.82 Å². The van der Waals surface area contributed by atoms with Crippen molar-refractivity contribution in [2.24, 2.45) is 12.5 Å². The summed E-state index contributed by atoms with van der Waals surface area (Å²) in [5, 5.41) is 13.7. The predicted molar refractivity (Wildman–Crippen MR) is 170 cm³/mol. The molecule has 0 aliphatic rings. The van der Waals surface area contributed by atoms with Crippen LogP contribution in [0.15, 0.2) is 81.5 Å². The topological polar surface area (TPSA) is 199 Å². The number of carbonyl (C=O) groups excluding carboxylic acids is 2. The molecular weight excluding hydrogens is 711 g/mol. The normalized spacial score (nSPS) is 12.5. The van der Waals surface area contributed by atoms with Crippen LogP contribution >= 0.6 is 0 Å². The van der Waals surface area contributed by atoms with E-state index < -0.39 is 90.9 Å². The first-order chi connectivity index (χ1) is 23.6. The maximum Gasteiger partial charge on any atom is 0.402 e. The van der Waals surface area contributed by atoms with Gasteiger partial charge in [0.15, 0.2) is 0 Å². The first-order valence-electron chi connectivity index (χ1n) is 14.4. The highest BCUT2D eigenvalue weighted by molar-refractivity contribution is 7.92. The van der Waals surface area contributed by atoms with Gasteiger partial charge in [-0.05, 0) is 55.8 Å². The highest BCUT2D eigenvalue weighted by Gasteiger charge is 2.53. The zero-order valence-corrected chi connectivity index (χ0v) is 27.4. The number of nitrogens with zero attached hydrogens (tertiary/aromatic N) is 3. The smallest absolute Gasteiger partial charge is 0.402 e. The quantitative estimate of drug-likeness (QED) is 0.167. The average Bonchev–Trinajstić information content (AvgIpc) is 3.04. The van der Waals surface area contributed by atoms with Gasteiger partial charge in [0.2, 0.25) is 5.91 Å². The van der Waals surface area contributed by atoms with Crippen molar-refractivity contribution in [1.29, 1.82) is 0 Å². The van der Waals surface area contributed by atoms with Crippen molar-refractivity contribution in [2.75, 3.05) is 10.0 Å². The molecule has 0 spiro atoms. The summed E-state index contributed by atoms with van der Waals surface area (Å²) >= 11 is 0. The van der Waals surface area contributed by atoms with Crippen LogP contribution in [-0.2, 0) is 33.1 Å². The number of carbonyl (C=O) groups is 3. The SMILES string of the molecule is Cn1ccc(=O)n(-c2ccc(C[C@H](NC(=O)c3cc(F)c(NS(=O)(=O)c4ccc(NC(=O)C(C)(C)C(F)(F)F)cc4)cc3F)C(=O)O)cn2)c1=O. The lowest BCUT2D eigenvalue weighted by Gasteiger charge is -2.26. The van der Waals surface area contributed by atoms with Crippen molar-refractivity contribution in [1.82, 2.24) is 19.4 Å². The lowest BCUT2D eigenvalue weighted by atomic mass is 9.91. The summed E-state index contributed by atoms with van der Waals surface area (Å²) in [5.74, 6) is -7.30. The van der Waals surface area contributed by atoms with Gasteiger partial charge in [-0.3, -0.25) is 19.1 Å². The molecule has 0 bridgehead atoms. The van der Waals surface area contributed by atoms with Gasteiger partial charge in [-0.15, -0.1) is 0 Å². The van der Waals surface area contributed by atoms with E-state index in [-0.39, 0.29) is 17.1 Å². The standard InChI is InChI=1S/C31H27F5N6O8S/c1-30(2,31(34,35)36)28(47)38-17-5-7-18(8-6-17)51(49,50)40-22-14-20(32)19(13-21(22)33)26(44)39-23(27(45)46)12-16-4-9-24(37-15-16)42-25(43)10-11-41(3)29(42)48/h4-11,13-15,23,40H,12H2,1-3H3,(H,38,47)(H,39,44)(H,45,46)/t23-/m0/s1. The van der Waals surface area contributed by atoms with Gasteiger partial charge >= 0.3 is 17.8 Å². The van der Waals surface area contributed by atoms with Crippen LogP contribution in [0.4, 0.5) is 33.3 Å². The van der Waals surface area contributed by atoms with Crippen LogP contribution in [0.2, 0.25) is 0 Å². The van der Waals surface area contributed by atoms with Crippen LogP contribution in [0.5, 0.6) is 0 Å². The van der Waals surface area contributed by atoms with Gasteiger partial charge in [0, 0.05) is 43.7 Å². The molecule has 2 amide bonds. The van der Waals surface area contributed by atoms with E-state index >= 15 is 0 Å². The Kier molecular flexibility index (Phi) is 10.5. The molecule has 0 aliphatic carbocycles. The Morgan fingerprint density at radius 3 is 2.18 bits per heavy atom. The number of aromatic nitrogens is 3. The fourth-order valence-corrected chi connectivity index (χ4v) is 5.31. The Bertz CT molecular complexity index is 2240. The third-order valence-corrected chi connectivity index (χ3v) is 8.86. The van der Waals surface area contributed by atoms with Crippen LogP contribution in [0, 0.1) is 17.0 Å². The van der Waals surface area contributed by atoms with E-state index in [1.807, 2.05) is 10.6 Å². The number of pyridine rings is 1. The second-order valence-corrected chi connectivity index (χ2v) is 13.2. The molecule has 0 saturated heterocycles. The number of benzene rings is 2. The van der Waals surface area contributed by atoms with E-state index in [4.69, 9.17) is 0 Å². The summed E-state index contributed by atoms with van der Waals surface area (Å²) in [6.07, 6.45) is -2.88. The predicted octanol–water partition coefficient (Wildman–Crippen LogP) is 2.96. The van der Waals surface area contributed by atoms with E-state index in [1.165, 1.54) is 25.4 Å². The summed E-state index contributed by atoms with van der Waals surface area (Å²) in [6, 6.07) is 6.40. The van der Waals surface area contributed by atoms with Crippen LogP contribution in [0.3, 0.4) is 0 Å². The summed E-state index contributed by atoms with van der Waals surface area (Å²) in [7, 11) is -3.23. The Hall–Kier alpha value is -5.92. The van der Waals surface area contributed by atoms with Gasteiger partial charge in [0.1, 0.15) is 28.9 Å². The second-order valence-electron chi connectivity index (χ2n) is 11.5. The molecular formula is C31H27F5N6O8S. The molecule has 2 aromatic carbocycles. The number of hydrogen-bond donors (Lipinski definition) is 4. The van der Waals surface area contributed by atoms with Gasteiger partial charge in [-0.1, -0.05) is 6.07 Å². The summed E-state index contributed by atoms with van der Waals surface area (Å²) in [4.78, 5) is 64.7. The molecule has 4 rings (SSSR count). The van der Waals surface area contributed by atoms with E-state index in [0.717, 1.165) is 45.7 Å². The molecule has 4 aromatic rings. The minimum atomic E-state index is -4.87. The van der Waals surface area contributed by atoms with Crippen LogP contribution in [0.1, 0.15) is 29.8 Å². The number of amides is 2. The first kappa shape index (κ1) is 37.9. The first-order valence-corrected chi connectivity index (χ1v) is 15.9. The van der Waals surface area contributed by atoms with E-state index in [1.54, 1.807) is 4.72 Å². The molecule has 2 aromatic heterocycles. The largest absolute Gasteiger partial charge is 0.480 e. The lowest BCUT2D eigenvalue weighted by Crippen LogP contribution is -2.43. The Labute approximate surface area is 284 Å². The third kappa shape index (κ3) is 8.28. The molecule has 0 fully saturated rings. The third-order valence-electron chi connectivity index (χ3n) is 7.48. The second kappa shape index (κ2) is 14.1. The summed E-state index contributed by atoms with van der Waals surface area (Å²) < 4.78 is 98.7. The lowest BCUT2D eigenvalue weighted by molar-refractivity contribution is -0.208. The van der Waals surface area contributed by atoms with Crippen molar-refractivity contribution in [3.05, 3.63) is 111 Å². The van der Waals surface area contributed by atoms with Crippen molar-refractivity contribution >= 4 is 39.2 Å². The molecule has 2 heterocycles. The molecule has 14 nitrogen and oxygen atoms in total. The Morgan fingerprint density at radius 2 is 1.61 bits per heavy atom. The van der Waals surface area contributed by atoms with Crippen molar-refractivity contribution in [2.45, 2.75) is 37.4 Å². The number of anilines is 2. The number of aryl methyl sites for hydroxylation is 1. The maximum atomic E-state index is 15.0. The number of hydrogen-bond acceptors (Lipinski definition) is 8. The van der Waals surface area contributed by atoms with E-state index in [9.17, 15) is 59.4 Å². The Balaban J connectivity index is 1.46. The molecule has 0 saturated carbocycles. The Morgan fingerprint density at radius 1 is 0.961 bits per heavy atom. The van der Waals surface area contributed by atoms with Crippen molar-refractivity contribution < 1.29 is 49.9 Å². The van der Waals surface area contributed by atoms with Gasteiger partial charge < -0.3 is 20.3 Å². The molecule has 0 aliphatic heterocycles. The van der Waals surface area contributed by atoms with E-state index in [2.05, 4.69) is 4.98 Å². The molecule has 0 unspecified atom stereocenters. The monoisotopic (exact) mass is 738 g/mol. The highest BCUT2D eigenvalue weighted by atomic mass is 32.2. The fraction of sp³-hybridized carbons (Fsp3) is 0.226. The van der Waals surface area contributed by atoms with Gasteiger partial charge in [0.25, 0.3) is 21.5 Å². The number of sulfonamides is 1. The van der Waals surface area contributed by atoms with E-state index in [0.29, 0.717) is 26.0 Å². The molecule has 4 N–H and O–H groups in total. The number of halogens is 5. The molecule has 270 valence electrons. The maximum absolute atomic E-state index is 15.0. The molecule has 0 radical (unpaired) electrons. The minimum absolute atomic E-state index is 0.0661. The van der Waals surface area contributed by atoms with Gasteiger partial charge in [-0.2, -0.15) is 13.2 Å². The number of rotatable bonds is 11. The minimum Gasteiger partial charge on any atom is -0.480 e. The average molecular weight is 739 g/mol. The number of carboxylic acid groups (broad SMARTS) is 1. The number of alkyl halides is 3. The van der Waals surface area contributed by atoms with Gasteiger partial charge in [-0.25, -0.2) is 36.3 Å². The van der Waals surface area contributed by atoms with Crippen molar-refractivity contribution in [3.8, 4) is 5.82 Å². The number of aliphatic carboxylic acids is 1. The van der Waals surface area contributed by atoms with Crippen LogP contribution in [-0.4, -0.2) is 57.6 Å². The van der Waals surface area contributed by atoms with Gasteiger partial charge in [0.05, 0.1) is 16.1 Å². The highest BCUT2D eigenvalue weighted by Crippen LogP contribution is 2.38. The van der Waals surface area contributed by atoms with Crippen LogP contribution < -0.4 is 26.6 Å². The number of carboxylic acids is 1. The fourth-order valence-electron chi connectivity index (χ4n) is 4.25. The zero-order valence-electron chi connectivity index (χ0n) is 26.6. The summed E-state index contributed by atoms with van der Waals surface area (Å²) in [5.41, 5.74) is -6.02. The van der Waals surface area contributed by atoms with Crippen molar-refractivity contribution in [3.63, 3.8) is 0 Å². The molecule has 20 heteroatoms. The summed E-state index contributed by atoms with van der Waals surface area (Å²) in [6.45, 7) is 1.31. The number of nitrogens with one attached hydrogen (secondary N) is 3. The molecule has 1 atom stereocenters.